The number of guanidine groups is 1. The van der Waals surface area contributed by atoms with E-state index in [4.69, 9.17) is 16.6 Å². The number of hydrogen-bond acceptors (Lipinski definition) is 4. The summed E-state index contributed by atoms with van der Waals surface area (Å²) in [6.45, 7) is 9.68. The normalized spacial score (nSPS) is 18.3. The third kappa shape index (κ3) is 4.78. The number of aryl methyl sites for hydroxylation is 3. The lowest BCUT2D eigenvalue weighted by molar-refractivity contribution is -0.118. The van der Waals surface area contributed by atoms with Gasteiger partial charge in [0.05, 0.1) is 5.69 Å². The van der Waals surface area contributed by atoms with Crippen molar-refractivity contribution in [2.75, 3.05) is 36.0 Å². The molecule has 0 aliphatic carbocycles. The minimum absolute atomic E-state index is 0.0197. The van der Waals surface area contributed by atoms with Crippen LogP contribution < -0.4 is 9.80 Å². The molecule has 1 unspecified atom stereocenters. The van der Waals surface area contributed by atoms with Gasteiger partial charge in [-0.3, -0.25) is 4.79 Å². The third-order valence-corrected chi connectivity index (χ3v) is 7.15. The second kappa shape index (κ2) is 9.74. The van der Waals surface area contributed by atoms with E-state index in [1.807, 2.05) is 48.2 Å². The van der Waals surface area contributed by atoms with Crippen LogP contribution in [0, 0.1) is 20.8 Å². The number of amides is 1. The number of piperazine rings is 1. The Labute approximate surface area is 212 Å². The van der Waals surface area contributed by atoms with Crippen molar-refractivity contribution < 1.29 is 4.79 Å². The van der Waals surface area contributed by atoms with E-state index >= 15 is 0 Å². The number of halogens is 1. The molecule has 3 aromatic carbocycles. The first-order valence-corrected chi connectivity index (χ1v) is 12.6. The highest BCUT2D eigenvalue weighted by Gasteiger charge is 2.39. The zero-order valence-electron chi connectivity index (χ0n) is 20.5. The van der Waals surface area contributed by atoms with Crippen molar-refractivity contribution in [3.8, 4) is 0 Å². The fourth-order valence-electron chi connectivity index (χ4n) is 5.00. The summed E-state index contributed by atoms with van der Waals surface area (Å²) in [6.07, 6.45) is 0.592. The summed E-state index contributed by atoms with van der Waals surface area (Å²) < 4.78 is 0. The van der Waals surface area contributed by atoms with Gasteiger partial charge in [0.25, 0.3) is 5.91 Å². The summed E-state index contributed by atoms with van der Waals surface area (Å²) in [4.78, 5) is 25.2. The maximum absolute atomic E-state index is 13.7. The van der Waals surface area contributed by atoms with Gasteiger partial charge in [-0.15, -0.1) is 0 Å². The summed E-state index contributed by atoms with van der Waals surface area (Å²) in [5.74, 6) is 0.771. The molecule has 0 radical (unpaired) electrons. The largest absolute Gasteiger partial charge is 0.368 e. The first-order valence-electron chi connectivity index (χ1n) is 12.2. The van der Waals surface area contributed by atoms with Crippen LogP contribution in [0.4, 0.5) is 11.4 Å². The van der Waals surface area contributed by atoms with Crippen molar-refractivity contribution in [2.24, 2.45) is 4.99 Å². The van der Waals surface area contributed by atoms with E-state index in [0.717, 1.165) is 49.0 Å². The first-order chi connectivity index (χ1) is 16.9. The van der Waals surface area contributed by atoms with Gasteiger partial charge >= 0.3 is 0 Å². The number of benzene rings is 3. The van der Waals surface area contributed by atoms with Crippen LogP contribution in [0.15, 0.2) is 71.7 Å². The SMILES string of the molecule is Cc1ccc(C)c(N2CCN(C3=NC(Cc4ccccc4)C(=O)N3c3ccc(Cl)cc3C)CC2)c1. The summed E-state index contributed by atoms with van der Waals surface area (Å²) in [5, 5.41) is 0.666. The van der Waals surface area contributed by atoms with E-state index in [2.05, 4.69) is 54.0 Å². The Morgan fingerprint density at radius 3 is 2.26 bits per heavy atom. The fourth-order valence-corrected chi connectivity index (χ4v) is 5.22. The molecule has 0 bridgehead atoms. The Kier molecular flexibility index (Phi) is 6.52. The molecule has 0 spiro atoms. The van der Waals surface area contributed by atoms with E-state index in [9.17, 15) is 4.79 Å². The summed E-state index contributed by atoms with van der Waals surface area (Å²) in [6, 6.07) is 22.0. The van der Waals surface area contributed by atoms with Crippen LogP contribution in [0.1, 0.15) is 22.3 Å². The molecule has 180 valence electrons. The lowest BCUT2D eigenvalue weighted by Crippen LogP contribution is -2.53. The third-order valence-electron chi connectivity index (χ3n) is 6.92. The van der Waals surface area contributed by atoms with Crippen molar-refractivity contribution in [3.63, 3.8) is 0 Å². The van der Waals surface area contributed by atoms with Crippen molar-refractivity contribution in [1.29, 1.82) is 0 Å². The highest BCUT2D eigenvalue weighted by atomic mass is 35.5. The average Bonchev–Trinajstić information content (AvgIpc) is 3.17. The number of carbonyl (C=O) groups excluding carboxylic acids is 1. The molecule has 1 atom stereocenters. The number of nitrogens with zero attached hydrogens (tertiary/aromatic N) is 4. The standard InChI is InChI=1S/C29H31ClN4O/c1-20-9-10-21(2)27(17-20)32-13-15-33(16-14-32)29-31-25(19-23-7-5-4-6-8-23)28(35)34(29)26-12-11-24(30)18-22(26)3/h4-12,17-18,25H,13-16,19H2,1-3H3. The van der Waals surface area contributed by atoms with E-state index < -0.39 is 6.04 Å². The molecule has 2 aliphatic rings. The quantitative estimate of drug-likeness (QED) is 0.495. The van der Waals surface area contributed by atoms with E-state index in [-0.39, 0.29) is 5.91 Å². The molecule has 1 amide bonds. The molecule has 2 heterocycles. The zero-order valence-corrected chi connectivity index (χ0v) is 21.3. The van der Waals surface area contributed by atoms with Gasteiger partial charge in [-0.1, -0.05) is 54.1 Å². The smallest absolute Gasteiger partial charge is 0.259 e. The molecule has 0 aromatic heterocycles. The van der Waals surface area contributed by atoms with Gasteiger partial charge in [0.15, 0.2) is 0 Å². The van der Waals surface area contributed by atoms with Gasteiger partial charge in [-0.2, -0.15) is 0 Å². The number of aliphatic imine (C=N–C) groups is 1. The van der Waals surface area contributed by atoms with Gasteiger partial charge in [0.1, 0.15) is 6.04 Å². The van der Waals surface area contributed by atoms with E-state index in [1.165, 1.54) is 16.8 Å². The highest BCUT2D eigenvalue weighted by Crippen LogP contribution is 2.31. The van der Waals surface area contributed by atoms with Crippen LogP contribution in [-0.2, 0) is 11.2 Å². The number of rotatable bonds is 4. The van der Waals surface area contributed by atoms with Crippen LogP contribution in [0.2, 0.25) is 5.02 Å². The maximum atomic E-state index is 13.7. The molecule has 3 aromatic rings. The van der Waals surface area contributed by atoms with Gasteiger partial charge in [-0.25, -0.2) is 9.89 Å². The monoisotopic (exact) mass is 486 g/mol. The lowest BCUT2D eigenvalue weighted by Gasteiger charge is -2.39. The van der Waals surface area contributed by atoms with Crippen LogP contribution >= 0.6 is 11.6 Å². The van der Waals surface area contributed by atoms with Crippen LogP contribution in [0.5, 0.6) is 0 Å². The van der Waals surface area contributed by atoms with Gasteiger partial charge in [0, 0.05) is 43.3 Å². The fraction of sp³-hybridized carbons (Fsp3) is 0.310. The number of hydrogen-bond donors (Lipinski definition) is 0. The molecule has 5 nitrogen and oxygen atoms in total. The molecular formula is C29H31ClN4O. The molecule has 5 rings (SSSR count). The Hall–Kier alpha value is -3.31. The lowest BCUT2D eigenvalue weighted by atomic mass is 10.1. The molecule has 35 heavy (non-hydrogen) atoms. The van der Waals surface area contributed by atoms with Crippen molar-refractivity contribution in [2.45, 2.75) is 33.2 Å². The van der Waals surface area contributed by atoms with Crippen LogP contribution in [0.3, 0.4) is 0 Å². The minimum Gasteiger partial charge on any atom is -0.368 e. The van der Waals surface area contributed by atoms with E-state index in [1.54, 1.807) is 0 Å². The van der Waals surface area contributed by atoms with Crippen LogP contribution in [0.25, 0.3) is 0 Å². The zero-order chi connectivity index (χ0) is 24.5. The number of carbonyl (C=O) groups is 1. The molecule has 6 heteroatoms. The van der Waals surface area contributed by atoms with Crippen molar-refractivity contribution >= 4 is 34.8 Å². The Bertz CT molecular complexity index is 1260. The predicted molar refractivity (Wildman–Crippen MR) is 145 cm³/mol. The molecular weight excluding hydrogens is 456 g/mol. The van der Waals surface area contributed by atoms with Crippen molar-refractivity contribution in [3.05, 3.63) is 94.0 Å². The minimum atomic E-state index is -0.431. The van der Waals surface area contributed by atoms with Crippen LogP contribution in [-0.4, -0.2) is 49.0 Å². The first kappa shape index (κ1) is 23.4. The summed E-state index contributed by atoms with van der Waals surface area (Å²) in [7, 11) is 0. The Morgan fingerprint density at radius 1 is 0.829 bits per heavy atom. The second-order valence-corrected chi connectivity index (χ2v) is 9.94. The van der Waals surface area contributed by atoms with Gasteiger partial charge in [0.2, 0.25) is 5.96 Å². The number of anilines is 2. The highest BCUT2D eigenvalue weighted by molar-refractivity contribution is 6.31. The Balaban J connectivity index is 1.42. The molecule has 0 saturated carbocycles. The summed E-state index contributed by atoms with van der Waals surface area (Å²) in [5.41, 5.74) is 6.79. The molecule has 1 saturated heterocycles. The summed E-state index contributed by atoms with van der Waals surface area (Å²) >= 11 is 6.23. The second-order valence-electron chi connectivity index (χ2n) is 9.50. The predicted octanol–water partition coefficient (Wildman–Crippen LogP) is 5.40. The maximum Gasteiger partial charge on any atom is 0.259 e. The Morgan fingerprint density at radius 2 is 1.54 bits per heavy atom. The van der Waals surface area contributed by atoms with Gasteiger partial charge in [-0.05, 0) is 67.3 Å². The molecule has 1 fully saturated rings. The van der Waals surface area contributed by atoms with Crippen molar-refractivity contribution in [1.82, 2.24) is 4.90 Å². The topological polar surface area (TPSA) is 39.1 Å². The molecule has 2 aliphatic heterocycles. The molecule has 0 N–H and O–H groups in total. The van der Waals surface area contributed by atoms with E-state index in [0.29, 0.717) is 11.4 Å². The average molecular weight is 487 g/mol. The van der Waals surface area contributed by atoms with Gasteiger partial charge < -0.3 is 9.80 Å².